The molecule has 0 aliphatic carbocycles. The summed E-state index contributed by atoms with van der Waals surface area (Å²) in [6.07, 6.45) is 12.2. The van der Waals surface area contributed by atoms with Crippen LogP contribution in [0.5, 0.6) is 0 Å². The molecule has 5 heteroatoms. The fourth-order valence-electron chi connectivity index (χ4n) is 3.17. The highest BCUT2D eigenvalue weighted by atomic mass is 32.1. The summed E-state index contributed by atoms with van der Waals surface area (Å²) in [6.45, 7) is 4.47. The Labute approximate surface area is 161 Å². The van der Waals surface area contributed by atoms with Crippen molar-refractivity contribution in [3.63, 3.8) is 0 Å². The van der Waals surface area contributed by atoms with Crippen LogP contribution in [-0.2, 0) is 12.8 Å². The van der Waals surface area contributed by atoms with E-state index in [1.807, 2.05) is 6.07 Å². The fraction of sp³-hybridized carbons (Fsp3) is 0.600. The standard InChI is InChI=1S/C20H31BO2S2/c1-3-5-7-9-11-16-13-14-24-19(16)20-17(12-10-8-6-4-2)15-18(25-20)21(22)23/h13-15,22-23H,3-12H2,1-2H3. The average Bonchev–Trinajstić information content (AvgIpc) is 3.22. The Balaban J connectivity index is 2.15. The van der Waals surface area contributed by atoms with Crippen molar-refractivity contribution in [1.29, 1.82) is 0 Å². The lowest BCUT2D eigenvalue weighted by Crippen LogP contribution is -2.26. The van der Waals surface area contributed by atoms with Crippen molar-refractivity contribution in [2.24, 2.45) is 0 Å². The lowest BCUT2D eigenvalue weighted by molar-refractivity contribution is 0.427. The van der Waals surface area contributed by atoms with Gasteiger partial charge in [-0.1, -0.05) is 52.4 Å². The highest BCUT2D eigenvalue weighted by Gasteiger charge is 2.21. The second-order valence-electron chi connectivity index (χ2n) is 6.77. The van der Waals surface area contributed by atoms with Gasteiger partial charge >= 0.3 is 7.12 Å². The summed E-state index contributed by atoms with van der Waals surface area (Å²) in [7, 11) is -1.36. The number of aryl methyl sites for hydroxylation is 2. The van der Waals surface area contributed by atoms with E-state index < -0.39 is 7.12 Å². The van der Waals surface area contributed by atoms with Crippen LogP contribution in [0.2, 0.25) is 0 Å². The highest BCUT2D eigenvalue weighted by Crippen LogP contribution is 2.37. The maximum Gasteiger partial charge on any atom is 0.499 e. The normalized spacial score (nSPS) is 11.2. The van der Waals surface area contributed by atoms with Crippen LogP contribution in [0.1, 0.15) is 76.3 Å². The molecule has 0 saturated heterocycles. The topological polar surface area (TPSA) is 40.5 Å². The van der Waals surface area contributed by atoms with Crippen LogP contribution in [0.15, 0.2) is 17.5 Å². The van der Waals surface area contributed by atoms with Crippen LogP contribution in [-0.4, -0.2) is 17.2 Å². The summed E-state index contributed by atoms with van der Waals surface area (Å²) in [5.74, 6) is 0. The minimum atomic E-state index is -1.36. The van der Waals surface area contributed by atoms with Crippen molar-refractivity contribution < 1.29 is 10.0 Å². The summed E-state index contributed by atoms with van der Waals surface area (Å²) in [6, 6.07) is 4.26. The summed E-state index contributed by atoms with van der Waals surface area (Å²) >= 11 is 3.35. The molecule has 0 aliphatic heterocycles. The Morgan fingerprint density at radius 2 is 1.48 bits per heavy atom. The van der Waals surface area contributed by atoms with Crippen molar-refractivity contribution in [3.05, 3.63) is 28.6 Å². The largest absolute Gasteiger partial charge is 0.499 e. The van der Waals surface area contributed by atoms with Gasteiger partial charge in [0.05, 0.1) is 0 Å². The van der Waals surface area contributed by atoms with E-state index in [2.05, 4.69) is 25.3 Å². The van der Waals surface area contributed by atoms with Gasteiger partial charge in [-0.05, 0) is 54.3 Å². The van der Waals surface area contributed by atoms with Gasteiger partial charge in [0.15, 0.2) is 0 Å². The summed E-state index contributed by atoms with van der Waals surface area (Å²) in [5, 5.41) is 21.4. The number of hydrogen-bond donors (Lipinski definition) is 2. The van der Waals surface area contributed by atoms with Crippen LogP contribution in [0.3, 0.4) is 0 Å². The minimum Gasteiger partial charge on any atom is -0.423 e. The first-order chi connectivity index (χ1) is 12.2. The monoisotopic (exact) mass is 378 g/mol. The summed E-state index contributed by atoms with van der Waals surface area (Å²) < 4.78 is 0.672. The molecule has 0 radical (unpaired) electrons. The maximum atomic E-state index is 9.61. The predicted molar refractivity (Wildman–Crippen MR) is 113 cm³/mol. The predicted octanol–water partition coefficient (Wildman–Crippen LogP) is 5.40. The molecular weight excluding hydrogens is 347 g/mol. The molecule has 0 spiro atoms. The maximum absolute atomic E-state index is 9.61. The number of rotatable bonds is 12. The molecule has 0 aliphatic rings. The van der Waals surface area contributed by atoms with Crippen LogP contribution >= 0.6 is 22.7 Å². The molecule has 0 unspecified atom stereocenters. The van der Waals surface area contributed by atoms with E-state index in [0.717, 1.165) is 12.8 Å². The number of hydrogen-bond acceptors (Lipinski definition) is 4. The van der Waals surface area contributed by atoms with E-state index >= 15 is 0 Å². The lowest BCUT2D eigenvalue weighted by atomic mass is 9.88. The summed E-state index contributed by atoms with van der Waals surface area (Å²) in [4.78, 5) is 2.61. The van der Waals surface area contributed by atoms with Gasteiger partial charge in [0.2, 0.25) is 0 Å². The van der Waals surface area contributed by atoms with Crippen molar-refractivity contribution >= 4 is 34.6 Å². The third-order valence-corrected chi connectivity index (χ3v) is 6.97. The quantitative estimate of drug-likeness (QED) is 0.383. The van der Waals surface area contributed by atoms with Gasteiger partial charge in [-0.25, -0.2) is 0 Å². The first-order valence-electron chi connectivity index (χ1n) is 9.72. The molecule has 0 saturated carbocycles. The number of unbranched alkanes of at least 4 members (excludes halogenated alkanes) is 6. The molecule has 0 amide bonds. The molecule has 2 rings (SSSR count). The molecule has 0 fully saturated rings. The Hall–Kier alpha value is -0.615. The highest BCUT2D eigenvalue weighted by molar-refractivity contribution is 7.27. The van der Waals surface area contributed by atoms with Gasteiger partial charge in [0.1, 0.15) is 0 Å². The van der Waals surface area contributed by atoms with Crippen LogP contribution < -0.4 is 4.78 Å². The van der Waals surface area contributed by atoms with Crippen molar-refractivity contribution in [2.45, 2.75) is 78.1 Å². The van der Waals surface area contributed by atoms with Crippen molar-refractivity contribution in [2.75, 3.05) is 0 Å². The lowest BCUT2D eigenvalue weighted by Gasteiger charge is -2.06. The first-order valence-corrected chi connectivity index (χ1v) is 11.4. The van der Waals surface area contributed by atoms with E-state index in [1.54, 1.807) is 22.7 Å². The smallest absolute Gasteiger partial charge is 0.423 e. The summed E-state index contributed by atoms with van der Waals surface area (Å²) in [5.41, 5.74) is 2.72. The van der Waals surface area contributed by atoms with Gasteiger partial charge in [-0.3, -0.25) is 0 Å². The molecule has 0 atom stereocenters. The second kappa shape index (κ2) is 11.2. The minimum absolute atomic E-state index is 0.672. The van der Waals surface area contributed by atoms with E-state index in [4.69, 9.17) is 0 Å². The molecule has 2 nitrogen and oxygen atoms in total. The average molecular weight is 378 g/mol. The molecule has 2 heterocycles. The molecular formula is C20H31BO2S2. The Morgan fingerprint density at radius 1 is 0.840 bits per heavy atom. The molecule has 2 N–H and O–H groups in total. The van der Waals surface area contributed by atoms with Gasteiger partial charge in [0, 0.05) is 14.5 Å². The molecule has 138 valence electrons. The van der Waals surface area contributed by atoms with Crippen LogP contribution in [0.4, 0.5) is 0 Å². The zero-order valence-corrected chi connectivity index (χ0v) is 17.2. The van der Waals surface area contributed by atoms with Gasteiger partial charge in [-0.2, -0.15) is 0 Å². The van der Waals surface area contributed by atoms with E-state index in [1.165, 1.54) is 72.2 Å². The van der Waals surface area contributed by atoms with E-state index in [0.29, 0.717) is 4.78 Å². The van der Waals surface area contributed by atoms with E-state index in [-0.39, 0.29) is 0 Å². The molecule has 2 aromatic rings. The third-order valence-electron chi connectivity index (χ3n) is 4.63. The molecule has 25 heavy (non-hydrogen) atoms. The van der Waals surface area contributed by atoms with Gasteiger partial charge in [-0.15, -0.1) is 22.7 Å². The zero-order chi connectivity index (χ0) is 18.1. The molecule has 0 bridgehead atoms. The molecule has 2 aromatic heterocycles. The Morgan fingerprint density at radius 3 is 2.08 bits per heavy atom. The van der Waals surface area contributed by atoms with Crippen molar-refractivity contribution in [1.82, 2.24) is 0 Å². The SMILES string of the molecule is CCCCCCc1ccsc1-c1sc(B(O)O)cc1CCCCCC. The zero-order valence-electron chi connectivity index (χ0n) is 15.6. The van der Waals surface area contributed by atoms with Crippen molar-refractivity contribution in [3.8, 4) is 9.75 Å². The van der Waals surface area contributed by atoms with Crippen LogP contribution in [0.25, 0.3) is 9.75 Å². The first kappa shape index (κ1) is 20.7. The molecule has 0 aromatic carbocycles. The Bertz CT molecular complexity index is 619. The fourth-order valence-corrected chi connectivity index (χ4v) is 5.43. The van der Waals surface area contributed by atoms with Gasteiger partial charge < -0.3 is 10.0 Å². The second-order valence-corrected chi connectivity index (χ2v) is 8.77. The van der Waals surface area contributed by atoms with E-state index in [9.17, 15) is 10.0 Å². The van der Waals surface area contributed by atoms with Gasteiger partial charge in [0.25, 0.3) is 0 Å². The number of thiophene rings is 2. The Kier molecular flexibility index (Phi) is 9.25. The van der Waals surface area contributed by atoms with Crippen LogP contribution in [0, 0.1) is 0 Å². The third kappa shape index (κ3) is 6.24.